The summed E-state index contributed by atoms with van der Waals surface area (Å²) in [5, 5.41) is 11.6. The lowest BCUT2D eigenvalue weighted by atomic mass is 10.4. The molecule has 7 heteroatoms. The SMILES string of the molecule is CC(Sc1nnc(-c2cccs2)n1C1CC1)C(=O)N1CCCC1. The Hall–Kier alpha value is -1.34. The second-order valence-electron chi connectivity index (χ2n) is 6.18. The number of amides is 1. The van der Waals surface area contributed by atoms with Crippen molar-refractivity contribution in [3.8, 4) is 10.7 Å². The smallest absolute Gasteiger partial charge is 0.235 e. The minimum Gasteiger partial charge on any atom is -0.342 e. The van der Waals surface area contributed by atoms with E-state index in [0.29, 0.717) is 6.04 Å². The number of hydrogen-bond acceptors (Lipinski definition) is 5. The molecule has 2 fully saturated rings. The van der Waals surface area contributed by atoms with Gasteiger partial charge in [-0.3, -0.25) is 9.36 Å². The van der Waals surface area contributed by atoms with Crippen molar-refractivity contribution in [1.29, 1.82) is 0 Å². The van der Waals surface area contributed by atoms with Gasteiger partial charge in [0.05, 0.1) is 10.1 Å². The van der Waals surface area contributed by atoms with Crippen LogP contribution in [0.25, 0.3) is 10.7 Å². The number of nitrogens with zero attached hydrogens (tertiary/aromatic N) is 4. The Balaban J connectivity index is 1.56. The van der Waals surface area contributed by atoms with E-state index < -0.39 is 0 Å². The first-order chi connectivity index (χ1) is 11.2. The summed E-state index contributed by atoms with van der Waals surface area (Å²) in [7, 11) is 0. The van der Waals surface area contributed by atoms with E-state index in [2.05, 4.69) is 26.2 Å². The quantitative estimate of drug-likeness (QED) is 0.777. The van der Waals surface area contributed by atoms with Crippen LogP contribution >= 0.6 is 23.1 Å². The summed E-state index contributed by atoms with van der Waals surface area (Å²) in [5.74, 6) is 1.18. The van der Waals surface area contributed by atoms with E-state index in [-0.39, 0.29) is 11.2 Å². The van der Waals surface area contributed by atoms with Crippen LogP contribution in [-0.2, 0) is 4.79 Å². The van der Waals surface area contributed by atoms with Gasteiger partial charge >= 0.3 is 0 Å². The highest BCUT2D eigenvalue weighted by molar-refractivity contribution is 8.00. The number of carbonyl (C=O) groups excluding carboxylic acids is 1. The van der Waals surface area contributed by atoms with E-state index in [4.69, 9.17) is 0 Å². The van der Waals surface area contributed by atoms with Gasteiger partial charge in [-0.2, -0.15) is 0 Å². The Bertz CT molecular complexity index is 687. The fourth-order valence-electron chi connectivity index (χ4n) is 3.00. The number of thiophene rings is 1. The van der Waals surface area contributed by atoms with Gasteiger partial charge in [-0.15, -0.1) is 21.5 Å². The first-order valence-electron chi connectivity index (χ1n) is 8.18. The fraction of sp³-hybridized carbons (Fsp3) is 0.562. The normalized spacial score (nSPS) is 19.3. The Labute approximate surface area is 144 Å². The van der Waals surface area contributed by atoms with Crippen molar-refractivity contribution in [2.75, 3.05) is 13.1 Å². The van der Waals surface area contributed by atoms with Crippen LogP contribution in [0, 0.1) is 0 Å². The molecule has 1 atom stereocenters. The van der Waals surface area contributed by atoms with Gasteiger partial charge in [0.1, 0.15) is 0 Å². The molecule has 0 bridgehead atoms. The first-order valence-corrected chi connectivity index (χ1v) is 9.94. The molecule has 122 valence electrons. The highest BCUT2D eigenvalue weighted by Gasteiger charge is 2.32. The molecule has 2 aromatic rings. The van der Waals surface area contributed by atoms with E-state index in [1.165, 1.54) is 12.8 Å². The number of likely N-dealkylation sites (tertiary alicyclic amines) is 1. The molecule has 0 radical (unpaired) electrons. The minimum absolute atomic E-state index is 0.106. The third-order valence-corrected chi connectivity index (χ3v) is 6.28. The zero-order chi connectivity index (χ0) is 15.8. The summed E-state index contributed by atoms with van der Waals surface area (Å²) < 4.78 is 2.24. The molecule has 0 N–H and O–H groups in total. The van der Waals surface area contributed by atoms with Crippen molar-refractivity contribution in [3.63, 3.8) is 0 Å². The minimum atomic E-state index is -0.106. The lowest BCUT2D eigenvalue weighted by Gasteiger charge is -2.19. The maximum Gasteiger partial charge on any atom is 0.235 e. The molecular formula is C16H20N4OS2. The summed E-state index contributed by atoms with van der Waals surface area (Å²) in [5.41, 5.74) is 0. The molecule has 1 saturated carbocycles. The van der Waals surface area contributed by atoms with Crippen LogP contribution in [-0.4, -0.2) is 43.9 Å². The molecule has 1 unspecified atom stereocenters. The zero-order valence-corrected chi connectivity index (χ0v) is 14.8. The van der Waals surface area contributed by atoms with Crippen molar-refractivity contribution in [2.24, 2.45) is 0 Å². The molecule has 3 heterocycles. The molecule has 2 aromatic heterocycles. The number of hydrogen-bond donors (Lipinski definition) is 0. The molecule has 4 rings (SSSR count). The van der Waals surface area contributed by atoms with Gasteiger partial charge in [0.2, 0.25) is 5.91 Å². The van der Waals surface area contributed by atoms with Crippen molar-refractivity contribution >= 4 is 29.0 Å². The van der Waals surface area contributed by atoms with E-state index >= 15 is 0 Å². The second kappa shape index (κ2) is 6.28. The van der Waals surface area contributed by atoms with Crippen LogP contribution < -0.4 is 0 Å². The van der Waals surface area contributed by atoms with Gasteiger partial charge in [0.25, 0.3) is 0 Å². The monoisotopic (exact) mass is 348 g/mol. The first kappa shape index (κ1) is 15.2. The van der Waals surface area contributed by atoms with E-state index in [1.807, 2.05) is 17.9 Å². The Morgan fingerprint density at radius 1 is 1.35 bits per heavy atom. The largest absolute Gasteiger partial charge is 0.342 e. The number of aromatic nitrogens is 3. The predicted octanol–water partition coefficient (Wildman–Crippen LogP) is 3.44. The standard InChI is InChI=1S/C16H20N4OS2/c1-11(15(21)19-8-2-3-9-19)23-16-18-17-14(13-5-4-10-22-13)20(16)12-6-7-12/h4-5,10-12H,2-3,6-9H2,1H3. The summed E-state index contributed by atoms with van der Waals surface area (Å²) in [6.07, 6.45) is 4.62. The fourth-order valence-corrected chi connectivity index (χ4v) is 4.70. The molecule has 0 aromatic carbocycles. The van der Waals surface area contributed by atoms with Gasteiger partial charge in [-0.05, 0) is 44.1 Å². The molecule has 23 heavy (non-hydrogen) atoms. The highest BCUT2D eigenvalue weighted by Crippen LogP contribution is 2.42. The molecular weight excluding hydrogens is 328 g/mol. The molecule has 1 aliphatic carbocycles. The third-order valence-electron chi connectivity index (χ3n) is 4.37. The lowest BCUT2D eigenvalue weighted by Crippen LogP contribution is -2.34. The second-order valence-corrected chi connectivity index (χ2v) is 8.43. The van der Waals surface area contributed by atoms with Crippen LogP contribution in [0.2, 0.25) is 0 Å². The number of carbonyl (C=O) groups is 1. The van der Waals surface area contributed by atoms with Gasteiger partial charge in [0, 0.05) is 19.1 Å². The zero-order valence-electron chi connectivity index (χ0n) is 13.1. The van der Waals surface area contributed by atoms with Crippen molar-refractivity contribution in [3.05, 3.63) is 17.5 Å². The van der Waals surface area contributed by atoms with E-state index in [0.717, 1.165) is 41.8 Å². The van der Waals surface area contributed by atoms with Gasteiger partial charge in [-0.1, -0.05) is 17.8 Å². The van der Waals surface area contributed by atoms with Gasteiger partial charge in [-0.25, -0.2) is 0 Å². The molecule has 0 spiro atoms. The average molecular weight is 348 g/mol. The van der Waals surface area contributed by atoms with Crippen LogP contribution in [0.3, 0.4) is 0 Å². The number of rotatable bonds is 5. The molecule has 1 aliphatic heterocycles. The van der Waals surface area contributed by atoms with Crippen molar-refractivity contribution in [2.45, 2.75) is 49.1 Å². The maximum atomic E-state index is 12.5. The average Bonchev–Trinajstić information content (AvgIpc) is 3.04. The summed E-state index contributed by atoms with van der Waals surface area (Å²) >= 11 is 3.24. The van der Waals surface area contributed by atoms with Crippen molar-refractivity contribution in [1.82, 2.24) is 19.7 Å². The van der Waals surface area contributed by atoms with Gasteiger partial charge < -0.3 is 4.90 Å². The lowest BCUT2D eigenvalue weighted by molar-refractivity contribution is -0.129. The summed E-state index contributed by atoms with van der Waals surface area (Å²) in [6, 6.07) is 4.62. The predicted molar refractivity (Wildman–Crippen MR) is 92.7 cm³/mol. The van der Waals surface area contributed by atoms with Crippen molar-refractivity contribution < 1.29 is 4.79 Å². The van der Waals surface area contributed by atoms with Crippen LogP contribution in [0.15, 0.2) is 22.7 Å². The number of thioether (sulfide) groups is 1. The Kier molecular flexibility index (Phi) is 4.15. The maximum absolute atomic E-state index is 12.5. The van der Waals surface area contributed by atoms with Crippen LogP contribution in [0.4, 0.5) is 0 Å². The van der Waals surface area contributed by atoms with E-state index in [1.54, 1.807) is 23.1 Å². The Morgan fingerprint density at radius 3 is 2.78 bits per heavy atom. The topological polar surface area (TPSA) is 51.0 Å². The molecule has 5 nitrogen and oxygen atoms in total. The van der Waals surface area contributed by atoms with E-state index in [9.17, 15) is 4.79 Å². The summed E-state index contributed by atoms with van der Waals surface area (Å²) in [6.45, 7) is 3.79. The third kappa shape index (κ3) is 3.04. The van der Waals surface area contributed by atoms with Gasteiger partial charge in [0.15, 0.2) is 11.0 Å². The van der Waals surface area contributed by atoms with Crippen LogP contribution in [0.1, 0.15) is 38.6 Å². The molecule has 2 aliphatic rings. The highest BCUT2D eigenvalue weighted by atomic mass is 32.2. The summed E-state index contributed by atoms with van der Waals surface area (Å²) in [4.78, 5) is 15.7. The Morgan fingerprint density at radius 2 is 2.13 bits per heavy atom. The molecule has 1 saturated heterocycles. The molecule has 1 amide bonds. The van der Waals surface area contributed by atoms with Crippen LogP contribution in [0.5, 0.6) is 0 Å².